The summed E-state index contributed by atoms with van der Waals surface area (Å²) in [4.78, 5) is 23.2. The van der Waals surface area contributed by atoms with Gasteiger partial charge >= 0.3 is 0 Å². The summed E-state index contributed by atoms with van der Waals surface area (Å²) in [6.07, 6.45) is 2.28. The molecule has 112 valence electrons. The van der Waals surface area contributed by atoms with Crippen LogP contribution in [0.2, 0.25) is 0 Å². The highest BCUT2D eigenvalue weighted by molar-refractivity contribution is 5.91. The molecule has 2 amide bonds. The maximum absolute atomic E-state index is 11.6. The second-order valence-electron chi connectivity index (χ2n) is 4.94. The van der Waals surface area contributed by atoms with Crippen molar-refractivity contribution in [3.63, 3.8) is 0 Å². The van der Waals surface area contributed by atoms with E-state index in [1.807, 2.05) is 13.8 Å². The molecular weight excluding hydrogens is 260 g/mol. The Bertz CT molecular complexity index is 415. The number of nitrogens with one attached hydrogen (secondary N) is 2. The highest BCUT2D eigenvalue weighted by Gasteiger charge is 2.14. The Morgan fingerprint density at radius 3 is 2.70 bits per heavy atom. The molecule has 0 bridgehead atoms. The van der Waals surface area contributed by atoms with Crippen molar-refractivity contribution in [3.8, 4) is 0 Å². The lowest BCUT2D eigenvalue weighted by Gasteiger charge is -2.19. The Kier molecular flexibility index (Phi) is 6.79. The van der Waals surface area contributed by atoms with Gasteiger partial charge in [-0.1, -0.05) is 13.8 Å². The normalized spacial score (nSPS) is 12.2. The molecule has 6 nitrogen and oxygen atoms in total. The molecule has 1 heterocycles. The SMILES string of the molecule is CC(C)C(CO)NC(=O)CCCNC(=O)c1ccco1. The lowest BCUT2D eigenvalue weighted by Crippen LogP contribution is -2.41. The monoisotopic (exact) mass is 282 g/mol. The minimum atomic E-state index is -0.286. The predicted molar refractivity (Wildman–Crippen MR) is 74.1 cm³/mol. The third kappa shape index (κ3) is 5.44. The molecule has 1 rings (SSSR count). The first kappa shape index (κ1) is 16.2. The van der Waals surface area contributed by atoms with Crippen LogP contribution in [0.3, 0.4) is 0 Å². The maximum Gasteiger partial charge on any atom is 0.286 e. The number of aliphatic hydroxyl groups excluding tert-OH is 1. The zero-order valence-corrected chi connectivity index (χ0v) is 11.9. The number of rotatable bonds is 8. The molecule has 0 aliphatic heterocycles. The molecule has 0 saturated heterocycles. The van der Waals surface area contributed by atoms with Gasteiger partial charge in [-0.15, -0.1) is 0 Å². The van der Waals surface area contributed by atoms with Crippen LogP contribution in [-0.2, 0) is 4.79 Å². The number of carbonyl (C=O) groups is 2. The van der Waals surface area contributed by atoms with Crippen LogP contribution < -0.4 is 10.6 Å². The summed E-state index contributed by atoms with van der Waals surface area (Å²) < 4.78 is 4.95. The fourth-order valence-electron chi connectivity index (χ4n) is 1.65. The Balaban J connectivity index is 2.17. The van der Waals surface area contributed by atoms with E-state index in [2.05, 4.69) is 10.6 Å². The van der Waals surface area contributed by atoms with Crippen LogP contribution in [0, 0.1) is 5.92 Å². The number of furan rings is 1. The molecule has 1 aromatic rings. The number of aliphatic hydroxyl groups is 1. The molecule has 0 radical (unpaired) electrons. The van der Waals surface area contributed by atoms with Gasteiger partial charge < -0.3 is 20.2 Å². The van der Waals surface area contributed by atoms with Crippen LogP contribution in [0.4, 0.5) is 0 Å². The smallest absolute Gasteiger partial charge is 0.286 e. The summed E-state index contributed by atoms with van der Waals surface area (Å²) in [5.74, 6) is 0.0352. The van der Waals surface area contributed by atoms with E-state index >= 15 is 0 Å². The molecule has 6 heteroatoms. The summed E-state index contributed by atoms with van der Waals surface area (Å²) in [6, 6.07) is 3.00. The molecule has 3 N–H and O–H groups in total. The minimum Gasteiger partial charge on any atom is -0.459 e. The lowest BCUT2D eigenvalue weighted by molar-refractivity contribution is -0.122. The predicted octanol–water partition coefficient (Wildman–Crippen LogP) is 0.923. The number of hydrogen-bond acceptors (Lipinski definition) is 4. The van der Waals surface area contributed by atoms with E-state index in [4.69, 9.17) is 9.52 Å². The minimum absolute atomic E-state index is 0.0708. The van der Waals surface area contributed by atoms with Crippen LogP contribution in [0.5, 0.6) is 0 Å². The number of amides is 2. The first-order valence-electron chi connectivity index (χ1n) is 6.76. The Morgan fingerprint density at radius 2 is 2.15 bits per heavy atom. The van der Waals surface area contributed by atoms with Gasteiger partial charge in [-0.3, -0.25) is 9.59 Å². The van der Waals surface area contributed by atoms with Gasteiger partial charge in [0.15, 0.2) is 5.76 Å². The fourth-order valence-corrected chi connectivity index (χ4v) is 1.65. The first-order valence-corrected chi connectivity index (χ1v) is 6.76. The van der Waals surface area contributed by atoms with E-state index in [1.54, 1.807) is 12.1 Å². The topological polar surface area (TPSA) is 91.6 Å². The largest absolute Gasteiger partial charge is 0.459 e. The van der Waals surface area contributed by atoms with Crippen molar-refractivity contribution < 1.29 is 19.1 Å². The molecule has 0 aromatic carbocycles. The van der Waals surface area contributed by atoms with E-state index in [1.165, 1.54) is 6.26 Å². The number of hydrogen-bond donors (Lipinski definition) is 3. The molecule has 1 atom stereocenters. The van der Waals surface area contributed by atoms with Crippen molar-refractivity contribution in [3.05, 3.63) is 24.2 Å². The van der Waals surface area contributed by atoms with Crippen LogP contribution in [0.1, 0.15) is 37.2 Å². The van der Waals surface area contributed by atoms with Crippen molar-refractivity contribution in [1.29, 1.82) is 0 Å². The van der Waals surface area contributed by atoms with Crippen molar-refractivity contribution in [2.45, 2.75) is 32.7 Å². The molecule has 0 aliphatic carbocycles. The van der Waals surface area contributed by atoms with E-state index < -0.39 is 0 Å². The Hall–Kier alpha value is -1.82. The molecule has 0 fully saturated rings. The van der Waals surface area contributed by atoms with E-state index in [0.29, 0.717) is 19.4 Å². The van der Waals surface area contributed by atoms with Gasteiger partial charge in [-0.05, 0) is 24.5 Å². The number of carbonyl (C=O) groups excluding carboxylic acids is 2. The molecule has 20 heavy (non-hydrogen) atoms. The Morgan fingerprint density at radius 1 is 1.40 bits per heavy atom. The molecule has 1 unspecified atom stereocenters. The van der Waals surface area contributed by atoms with Gasteiger partial charge in [0.25, 0.3) is 5.91 Å². The molecule has 1 aromatic heterocycles. The first-order chi connectivity index (χ1) is 9.54. The van der Waals surface area contributed by atoms with Gasteiger partial charge in [0, 0.05) is 13.0 Å². The zero-order valence-electron chi connectivity index (χ0n) is 11.9. The summed E-state index contributed by atoms with van der Waals surface area (Å²) in [6.45, 7) is 4.20. The average Bonchev–Trinajstić information content (AvgIpc) is 2.94. The second-order valence-corrected chi connectivity index (χ2v) is 4.94. The van der Waals surface area contributed by atoms with Crippen LogP contribution in [0.25, 0.3) is 0 Å². The standard InChI is InChI=1S/C14H22N2O4/c1-10(2)11(9-17)16-13(18)6-3-7-15-14(19)12-5-4-8-20-12/h4-5,8,10-11,17H,3,6-7,9H2,1-2H3,(H,15,19)(H,16,18). The van der Waals surface area contributed by atoms with E-state index in [9.17, 15) is 9.59 Å². The molecule has 0 saturated carbocycles. The third-order valence-electron chi connectivity index (χ3n) is 2.96. The van der Waals surface area contributed by atoms with Crippen LogP contribution in [-0.4, -0.2) is 36.1 Å². The summed E-state index contributed by atoms with van der Waals surface area (Å²) in [5.41, 5.74) is 0. The zero-order chi connectivity index (χ0) is 15.0. The van der Waals surface area contributed by atoms with Crippen LogP contribution in [0.15, 0.2) is 22.8 Å². The highest BCUT2D eigenvalue weighted by Crippen LogP contribution is 2.02. The Labute approximate surface area is 118 Å². The second kappa shape index (κ2) is 8.37. The molecule has 0 aliphatic rings. The van der Waals surface area contributed by atoms with Crippen LogP contribution >= 0.6 is 0 Å². The lowest BCUT2D eigenvalue weighted by atomic mass is 10.1. The third-order valence-corrected chi connectivity index (χ3v) is 2.96. The van der Waals surface area contributed by atoms with Crippen molar-refractivity contribution in [2.24, 2.45) is 5.92 Å². The van der Waals surface area contributed by atoms with Crippen molar-refractivity contribution in [2.75, 3.05) is 13.2 Å². The van der Waals surface area contributed by atoms with Crippen molar-refractivity contribution >= 4 is 11.8 Å². The summed E-state index contributed by atoms with van der Waals surface area (Å²) >= 11 is 0. The summed E-state index contributed by atoms with van der Waals surface area (Å²) in [5, 5.41) is 14.5. The molecular formula is C14H22N2O4. The van der Waals surface area contributed by atoms with Gasteiger partial charge in [-0.2, -0.15) is 0 Å². The fraction of sp³-hybridized carbons (Fsp3) is 0.571. The highest BCUT2D eigenvalue weighted by atomic mass is 16.3. The molecule has 0 spiro atoms. The quantitative estimate of drug-likeness (QED) is 0.618. The van der Waals surface area contributed by atoms with Gasteiger partial charge in [-0.25, -0.2) is 0 Å². The van der Waals surface area contributed by atoms with Gasteiger partial charge in [0.2, 0.25) is 5.91 Å². The van der Waals surface area contributed by atoms with Gasteiger partial charge in [0.1, 0.15) is 0 Å². The van der Waals surface area contributed by atoms with Gasteiger partial charge in [0.05, 0.1) is 18.9 Å². The summed E-state index contributed by atoms with van der Waals surface area (Å²) in [7, 11) is 0. The maximum atomic E-state index is 11.6. The van der Waals surface area contributed by atoms with E-state index in [-0.39, 0.29) is 36.1 Å². The van der Waals surface area contributed by atoms with E-state index in [0.717, 1.165) is 0 Å². The average molecular weight is 282 g/mol. The van der Waals surface area contributed by atoms with Crippen molar-refractivity contribution in [1.82, 2.24) is 10.6 Å².